The van der Waals surface area contributed by atoms with E-state index in [4.69, 9.17) is 11.6 Å². The average Bonchev–Trinajstić information content (AvgIpc) is 3.52. The zero-order chi connectivity index (χ0) is 25.1. The number of anilines is 1. The Kier molecular flexibility index (Phi) is 5.91. The van der Waals surface area contributed by atoms with Gasteiger partial charge in [-0.2, -0.15) is 5.10 Å². The predicted molar refractivity (Wildman–Crippen MR) is 123 cm³/mol. The molecule has 2 fully saturated rings. The first-order valence-corrected chi connectivity index (χ1v) is 11.8. The second kappa shape index (κ2) is 8.67. The van der Waals surface area contributed by atoms with E-state index in [1.807, 2.05) is 0 Å². The van der Waals surface area contributed by atoms with Crippen LogP contribution in [-0.4, -0.2) is 30.3 Å². The van der Waals surface area contributed by atoms with Gasteiger partial charge in [-0.05, 0) is 55.7 Å². The fourth-order valence-corrected chi connectivity index (χ4v) is 6.14. The van der Waals surface area contributed by atoms with Crippen LogP contribution in [0.1, 0.15) is 65.5 Å². The second-order valence-corrected chi connectivity index (χ2v) is 10.1. The molecule has 1 amide bonds. The first-order chi connectivity index (χ1) is 16.6. The summed E-state index contributed by atoms with van der Waals surface area (Å²) in [7, 11) is 3.18. The van der Waals surface area contributed by atoms with Gasteiger partial charge in [0, 0.05) is 31.3 Å². The van der Waals surface area contributed by atoms with E-state index in [2.05, 4.69) is 15.4 Å². The van der Waals surface area contributed by atoms with Crippen molar-refractivity contribution in [3.63, 3.8) is 0 Å². The number of nitrogens with one attached hydrogen (secondary N) is 1. The Bertz CT molecular complexity index is 1280. The Hall–Kier alpha value is -2.85. The number of aryl methyl sites for hydroxylation is 2. The van der Waals surface area contributed by atoms with Crippen LogP contribution in [-0.2, 0) is 19.7 Å². The van der Waals surface area contributed by atoms with Gasteiger partial charge in [-0.3, -0.25) is 9.48 Å². The maximum Gasteiger partial charge on any atom is 0.280 e. The number of carbonyl (C=O) groups excluding carboxylic acids is 1. The van der Waals surface area contributed by atoms with Crippen LogP contribution in [0.4, 0.5) is 18.9 Å². The molecule has 2 saturated carbocycles. The van der Waals surface area contributed by atoms with Crippen molar-refractivity contribution in [1.82, 2.24) is 19.3 Å². The summed E-state index contributed by atoms with van der Waals surface area (Å²) < 4.78 is 43.4. The lowest BCUT2D eigenvalue weighted by atomic mass is 9.87. The highest BCUT2D eigenvalue weighted by Gasteiger charge is 2.52. The SMILES string of the molecule is Cn1cnc(C2CC3CC(O)(c4cnn(C)c4C(F)F)CC3C2)c1C(=O)Nc1ccc(F)c(Cl)c1. The number of hydrogen-bond donors (Lipinski definition) is 2. The monoisotopic (exact) mass is 507 g/mol. The molecule has 0 spiro atoms. The summed E-state index contributed by atoms with van der Waals surface area (Å²) >= 11 is 5.83. The van der Waals surface area contributed by atoms with Gasteiger partial charge in [-0.15, -0.1) is 0 Å². The fourth-order valence-electron chi connectivity index (χ4n) is 5.96. The highest BCUT2D eigenvalue weighted by Crippen LogP contribution is 2.57. The number of imidazole rings is 1. The number of fused-ring (bicyclic) bond motifs is 1. The van der Waals surface area contributed by atoms with E-state index in [-0.39, 0.29) is 39.9 Å². The average molecular weight is 508 g/mol. The molecule has 2 aliphatic rings. The van der Waals surface area contributed by atoms with Crippen LogP contribution in [0, 0.1) is 17.7 Å². The lowest BCUT2D eigenvalue weighted by Gasteiger charge is -2.25. The molecule has 2 aliphatic carbocycles. The van der Waals surface area contributed by atoms with Crippen molar-refractivity contribution in [1.29, 1.82) is 0 Å². The first kappa shape index (κ1) is 23.9. The number of alkyl halides is 2. The summed E-state index contributed by atoms with van der Waals surface area (Å²) in [5.74, 6) is -0.727. The molecule has 0 radical (unpaired) electrons. The molecule has 0 bridgehead atoms. The summed E-state index contributed by atoms with van der Waals surface area (Å²) in [5, 5.41) is 17.9. The van der Waals surface area contributed by atoms with E-state index in [1.54, 1.807) is 17.9 Å². The summed E-state index contributed by atoms with van der Waals surface area (Å²) in [4.78, 5) is 17.6. The van der Waals surface area contributed by atoms with Crippen molar-refractivity contribution in [3.8, 4) is 0 Å². The number of halogens is 4. The summed E-state index contributed by atoms with van der Waals surface area (Å²) in [6.45, 7) is 0. The van der Waals surface area contributed by atoms with Gasteiger partial charge in [-0.25, -0.2) is 18.2 Å². The Labute approximate surface area is 204 Å². The molecular formula is C24H25ClF3N5O2. The maximum atomic E-state index is 13.6. The molecule has 0 aliphatic heterocycles. The highest BCUT2D eigenvalue weighted by atomic mass is 35.5. The Balaban J connectivity index is 1.33. The van der Waals surface area contributed by atoms with Gasteiger partial charge in [0.15, 0.2) is 0 Å². The third kappa shape index (κ3) is 4.12. The van der Waals surface area contributed by atoms with E-state index >= 15 is 0 Å². The number of benzene rings is 1. The van der Waals surface area contributed by atoms with Gasteiger partial charge in [-0.1, -0.05) is 11.6 Å². The summed E-state index contributed by atoms with van der Waals surface area (Å²) in [5.41, 5.74) is 0.0503. The van der Waals surface area contributed by atoms with Gasteiger partial charge in [0.1, 0.15) is 17.2 Å². The number of hydrogen-bond acceptors (Lipinski definition) is 4. The maximum absolute atomic E-state index is 13.6. The molecule has 35 heavy (non-hydrogen) atoms. The van der Waals surface area contributed by atoms with E-state index in [1.165, 1.54) is 31.4 Å². The molecule has 1 aromatic carbocycles. The van der Waals surface area contributed by atoms with Crippen molar-refractivity contribution >= 4 is 23.2 Å². The van der Waals surface area contributed by atoms with Crippen LogP contribution in [0.3, 0.4) is 0 Å². The molecule has 2 heterocycles. The Morgan fingerprint density at radius 3 is 2.57 bits per heavy atom. The molecule has 186 valence electrons. The normalized spacial score (nSPS) is 25.9. The van der Waals surface area contributed by atoms with Crippen molar-refractivity contribution in [2.75, 3.05) is 5.32 Å². The predicted octanol–water partition coefficient (Wildman–Crippen LogP) is 4.93. The van der Waals surface area contributed by atoms with Crippen molar-refractivity contribution in [3.05, 3.63) is 64.2 Å². The zero-order valence-electron chi connectivity index (χ0n) is 19.2. The third-order valence-electron chi connectivity index (χ3n) is 7.48. The standard InChI is InChI=1S/C24H25ClF3N5O2/c1-32-11-29-19(21(32)23(34)31-15-3-4-18(26)17(25)7-15)12-5-13-8-24(35,9-14(13)6-12)16-10-30-33(2)20(16)22(27)28/h3-4,7,10-14,22,35H,5-6,8-9H2,1-2H3,(H,31,34). The second-order valence-electron chi connectivity index (χ2n) is 9.67. The number of aliphatic hydroxyl groups is 1. The Morgan fingerprint density at radius 2 is 1.94 bits per heavy atom. The third-order valence-corrected chi connectivity index (χ3v) is 7.77. The van der Waals surface area contributed by atoms with Crippen molar-refractivity contribution in [2.24, 2.45) is 25.9 Å². The minimum Gasteiger partial charge on any atom is -0.385 e. The first-order valence-electron chi connectivity index (χ1n) is 11.4. The summed E-state index contributed by atoms with van der Waals surface area (Å²) in [6, 6.07) is 3.96. The largest absolute Gasteiger partial charge is 0.385 e. The van der Waals surface area contributed by atoms with Crippen molar-refractivity contribution in [2.45, 2.75) is 43.6 Å². The van der Waals surface area contributed by atoms with E-state index in [0.29, 0.717) is 42.8 Å². The summed E-state index contributed by atoms with van der Waals surface area (Å²) in [6.07, 6.45) is 2.32. The number of nitrogens with zero attached hydrogens (tertiary/aromatic N) is 4. The van der Waals surface area contributed by atoms with Gasteiger partial charge < -0.3 is 15.0 Å². The Morgan fingerprint density at radius 1 is 1.26 bits per heavy atom. The molecule has 0 saturated heterocycles. The number of amides is 1. The number of carbonyl (C=O) groups is 1. The molecule has 2 aromatic heterocycles. The molecule has 2 atom stereocenters. The van der Waals surface area contributed by atoms with Gasteiger partial charge in [0.05, 0.1) is 28.8 Å². The molecule has 2 unspecified atom stereocenters. The van der Waals surface area contributed by atoms with E-state index in [9.17, 15) is 23.1 Å². The highest BCUT2D eigenvalue weighted by molar-refractivity contribution is 6.31. The molecule has 5 rings (SSSR count). The molecule has 2 N–H and O–H groups in total. The van der Waals surface area contributed by atoms with Gasteiger partial charge in [0.25, 0.3) is 12.3 Å². The number of aromatic nitrogens is 4. The van der Waals surface area contributed by atoms with Gasteiger partial charge in [0.2, 0.25) is 0 Å². The van der Waals surface area contributed by atoms with Crippen LogP contribution < -0.4 is 5.32 Å². The minimum absolute atomic E-state index is 0.00299. The van der Waals surface area contributed by atoms with Crippen LogP contribution >= 0.6 is 11.6 Å². The van der Waals surface area contributed by atoms with Gasteiger partial charge >= 0.3 is 0 Å². The van der Waals surface area contributed by atoms with Crippen molar-refractivity contribution < 1.29 is 23.1 Å². The molecule has 3 aromatic rings. The molecular weight excluding hydrogens is 483 g/mol. The van der Waals surface area contributed by atoms with Crippen LogP contribution in [0.15, 0.2) is 30.7 Å². The minimum atomic E-state index is -2.72. The van der Waals surface area contributed by atoms with Crippen LogP contribution in [0.2, 0.25) is 5.02 Å². The lowest BCUT2D eigenvalue weighted by molar-refractivity contribution is 0.0285. The van der Waals surface area contributed by atoms with E-state index in [0.717, 1.165) is 4.68 Å². The quantitative estimate of drug-likeness (QED) is 0.513. The smallest absolute Gasteiger partial charge is 0.280 e. The topological polar surface area (TPSA) is 85.0 Å². The number of rotatable bonds is 5. The fraction of sp³-hybridized carbons (Fsp3) is 0.458. The van der Waals surface area contributed by atoms with Crippen LogP contribution in [0.5, 0.6) is 0 Å². The molecule has 11 heteroatoms. The zero-order valence-corrected chi connectivity index (χ0v) is 19.9. The molecule has 7 nitrogen and oxygen atoms in total. The van der Waals surface area contributed by atoms with Crippen LogP contribution in [0.25, 0.3) is 0 Å². The lowest BCUT2D eigenvalue weighted by Crippen LogP contribution is -2.25. The van der Waals surface area contributed by atoms with E-state index < -0.39 is 17.8 Å².